The summed E-state index contributed by atoms with van der Waals surface area (Å²) in [6.45, 7) is 5.62. The Morgan fingerprint density at radius 2 is 1.73 bits per heavy atom. The van der Waals surface area contributed by atoms with Crippen molar-refractivity contribution in [3.8, 4) is 5.75 Å². The van der Waals surface area contributed by atoms with E-state index in [2.05, 4.69) is 22.8 Å². The molecule has 7 rings (SSSR count). The highest BCUT2D eigenvalue weighted by Crippen LogP contribution is 2.47. The van der Waals surface area contributed by atoms with E-state index in [0.717, 1.165) is 48.8 Å². The number of carbonyl (C=O) groups is 2. The number of ether oxygens (including phenoxy) is 1. The van der Waals surface area contributed by atoms with E-state index < -0.39 is 6.09 Å². The molecule has 0 bridgehead atoms. The van der Waals surface area contributed by atoms with E-state index in [1.165, 1.54) is 63.4 Å². The van der Waals surface area contributed by atoms with Crippen molar-refractivity contribution >= 4 is 52.3 Å². The number of anilines is 3. The summed E-state index contributed by atoms with van der Waals surface area (Å²) in [5, 5.41) is 8.23. The first-order valence-corrected chi connectivity index (χ1v) is 17.9. The van der Waals surface area contributed by atoms with Gasteiger partial charge in [0.1, 0.15) is 0 Å². The highest BCUT2D eigenvalue weighted by atomic mass is 35.5. The molecule has 7 nitrogen and oxygen atoms in total. The SMILES string of the molecule is CC(=O)N1c2ccc(C3CNC(CC4CC4)C3)cc2N(C(=O)Oc2c(Cl)cc(Cl)c3c2NCC(C2CCCCCC2)C3)C[C@@H]1C. The van der Waals surface area contributed by atoms with Crippen molar-refractivity contribution in [3.63, 3.8) is 0 Å². The molecule has 2 saturated carbocycles. The zero-order chi connectivity index (χ0) is 31.2. The molecular formula is C36H46Cl2N4O3. The fourth-order valence-electron chi connectivity index (χ4n) is 8.51. The summed E-state index contributed by atoms with van der Waals surface area (Å²) in [5.41, 5.74) is 4.33. The number of fused-ring (bicyclic) bond motifs is 2. The molecule has 242 valence electrons. The van der Waals surface area contributed by atoms with Crippen molar-refractivity contribution in [3.05, 3.63) is 45.4 Å². The number of carbonyl (C=O) groups excluding carboxylic acids is 2. The third-order valence-corrected chi connectivity index (χ3v) is 11.7. The van der Waals surface area contributed by atoms with E-state index in [0.29, 0.717) is 51.8 Å². The van der Waals surface area contributed by atoms with Gasteiger partial charge in [0.25, 0.3) is 0 Å². The summed E-state index contributed by atoms with van der Waals surface area (Å²) in [7, 11) is 0. The molecule has 2 aromatic rings. The van der Waals surface area contributed by atoms with Gasteiger partial charge in [-0.3, -0.25) is 9.69 Å². The minimum Gasteiger partial charge on any atom is -0.406 e. The Morgan fingerprint density at radius 1 is 0.956 bits per heavy atom. The third kappa shape index (κ3) is 6.42. The molecule has 3 heterocycles. The molecular weight excluding hydrogens is 607 g/mol. The van der Waals surface area contributed by atoms with Crippen molar-refractivity contribution in [2.45, 2.75) is 102 Å². The average molecular weight is 654 g/mol. The van der Waals surface area contributed by atoms with Crippen molar-refractivity contribution in [2.24, 2.45) is 17.8 Å². The van der Waals surface area contributed by atoms with Crippen LogP contribution in [0.2, 0.25) is 10.0 Å². The van der Waals surface area contributed by atoms with Gasteiger partial charge < -0.3 is 20.3 Å². The molecule has 1 saturated heterocycles. The molecule has 4 atom stereocenters. The van der Waals surface area contributed by atoms with E-state index in [1.54, 1.807) is 22.8 Å². The van der Waals surface area contributed by atoms with Crippen LogP contribution in [0.25, 0.3) is 0 Å². The van der Waals surface area contributed by atoms with Gasteiger partial charge in [0.05, 0.1) is 28.1 Å². The lowest BCUT2D eigenvalue weighted by atomic mass is 9.80. The Balaban J connectivity index is 1.15. The first-order valence-electron chi connectivity index (χ1n) is 17.2. The Bertz CT molecular complexity index is 1450. The average Bonchev–Trinajstić information content (AvgIpc) is 3.78. The molecule has 3 aliphatic heterocycles. The minimum absolute atomic E-state index is 0.0428. The number of hydrogen-bond acceptors (Lipinski definition) is 5. The third-order valence-electron chi connectivity index (χ3n) is 11.1. The fraction of sp³-hybridized carbons (Fsp3) is 0.611. The molecule has 5 aliphatic rings. The quantitative estimate of drug-likeness (QED) is 0.317. The van der Waals surface area contributed by atoms with E-state index >= 15 is 0 Å². The van der Waals surface area contributed by atoms with Crippen LogP contribution in [0.15, 0.2) is 24.3 Å². The summed E-state index contributed by atoms with van der Waals surface area (Å²) >= 11 is 13.5. The number of hydrogen-bond donors (Lipinski definition) is 2. The summed E-state index contributed by atoms with van der Waals surface area (Å²) in [5.74, 6) is 2.71. The van der Waals surface area contributed by atoms with Gasteiger partial charge in [0, 0.05) is 37.6 Å². The molecule has 2 amide bonds. The maximum Gasteiger partial charge on any atom is 0.420 e. The molecule has 0 spiro atoms. The van der Waals surface area contributed by atoms with Crippen LogP contribution in [-0.4, -0.2) is 43.7 Å². The Hall–Kier alpha value is -2.48. The van der Waals surface area contributed by atoms with Gasteiger partial charge in [-0.1, -0.05) is 80.6 Å². The number of nitrogens with zero attached hydrogens (tertiary/aromatic N) is 2. The summed E-state index contributed by atoms with van der Waals surface area (Å²) in [6, 6.07) is 8.28. The van der Waals surface area contributed by atoms with Gasteiger partial charge >= 0.3 is 6.09 Å². The lowest BCUT2D eigenvalue weighted by molar-refractivity contribution is -0.117. The molecule has 2 aromatic carbocycles. The largest absolute Gasteiger partial charge is 0.420 e. The second-order valence-corrected chi connectivity index (χ2v) is 15.1. The van der Waals surface area contributed by atoms with Gasteiger partial charge in [-0.05, 0) is 79.2 Å². The van der Waals surface area contributed by atoms with E-state index in [4.69, 9.17) is 27.9 Å². The smallest absolute Gasteiger partial charge is 0.406 e. The van der Waals surface area contributed by atoms with Crippen molar-refractivity contribution in [2.75, 3.05) is 34.8 Å². The zero-order valence-corrected chi connectivity index (χ0v) is 28.1. The lowest BCUT2D eigenvalue weighted by Crippen LogP contribution is -2.52. The number of halogens is 2. The predicted molar refractivity (Wildman–Crippen MR) is 182 cm³/mol. The fourth-order valence-corrected chi connectivity index (χ4v) is 9.09. The predicted octanol–water partition coefficient (Wildman–Crippen LogP) is 8.55. The van der Waals surface area contributed by atoms with Crippen molar-refractivity contribution in [1.29, 1.82) is 0 Å². The lowest BCUT2D eigenvalue weighted by Gasteiger charge is -2.40. The normalized spacial score (nSPS) is 26.9. The van der Waals surface area contributed by atoms with Crippen LogP contribution in [0.3, 0.4) is 0 Å². The topological polar surface area (TPSA) is 73.9 Å². The molecule has 45 heavy (non-hydrogen) atoms. The van der Waals surface area contributed by atoms with E-state index in [-0.39, 0.29) is 11.9 Å². The number of nitrogens with one attached hydrogen (secondary N) is 2. The Morgan fingerprint density at radius 3 is 2.47 bits per heavy atom. The van der Waals surface area contributed by atoms with Crippen LogP contribution in [0.1, 0.15) is 95.1 Å². The second kappa shape index (κ2) is 13.0. The maximum atomic E-state index is 14.1. The first-order chi connectivity index (χ1) is 21.8. The highest BCUT2D eigenvalue weighted by molar-refractivity contribution is 6.37. The van der Waals surface area contributed by atoms with Crippen LogP contribution in [0.4, 0.5) is 21.9 Å². The van der Waals surface area contributed by atoms with Gasteiger partial charge in [-0.25, -0.2) is 4.79 Å². The molecule has 3 unspecified atom stereocenters. The number of rotatable bonds is 5. The number of benzene rings is 2. The zero-order valence-electron chi connectivity index (χ0n) is 26.5. The molecule has 2 N–H and O–H groups in total. The monoisotopic (exact) mass is 652 g/mol. The van der Waals surface area contributed by atoms with E-state index in [9.17, 15) is 9.59 Å². The summed E-state index contributed by atoms with van der Waals surface area (Å²) in [4.78, 5) is 30.4. The molecule has 2 aliphatic carbocycles. The summed E-state index contributed by atoms with van der Waals surface area (Å²) in [6.07, 6.45) is 13.2. The van der Waals surface area contributed by atoms with Gasteiger partial charge in [0.2, 0.25) is 5.91 Å². The number of amides is 2. The van der Waals surface area contributed by atoms with Gasteiger partial charge in [0.15, 0.2) is 5.75 Å². The van der Waals surface area contributed by atoms with Crippen molar-refractivity contribution in [1.82, 2.24) is 5.32 Å². The minimum atomic E-state index is -0.501. The van der Waals surface area contributed by atoms with Crippen molar-refractivity contribution < 1.29 is 14.3 Å². The first kappa shape index (κ1) is 31.1. The van der Waals surface area contributed by atoms with E-state index in [1.807, 2.05) is 13.0 Å². The van der Waals surface area contributed by atoms with Crippen LogP contribution in [-0.2, 0) is 11.2 Å². The highest BCUT2D eigenvalue weighted by Gasteiger charge is 2.38. The van der Waals surface area contributed by atoms with Gasteiger partial charge in [-0.15, -0.1) is 0 Å². The Labute approximate surface area is 277 Å². The molecule has 0 aromatic heterocycles. The maximum absolute atomic E-state index is 14.1. The van der Waals surface area contributed by atoms with Gasteiger partial charge in [-0.2, -0.15) is 0 Å². The molecule has 3 fully saturated rings. The summed E-state index contributed by atoms with van der Waals surface area (Å²) < 4.78 is 6.19. The molecule has 0 radical (unpaired) electrons. The second-order valence-electron chi connectivity index (χ2n) is 14.3. The van der Waals surface area contributed by atoms with Crippen LogP contribution >= 0.6 is 23.2 Å². The Kier molecular flexibility index (Phi) is 8.97. The van der Waals surface area contributed by atoms with Crippen LogP contribution in [0.5, 0.6) is 5.75 Å². The molecule has 9 heteroatoms. The van der Waals surface area contributed by atoms with Crippen LogP contribution in [0, 0.1) is 17.8 Å². The van der Waals surface area contributed by atoms with Crippen LogP contribution < -0.4 is 25.2 Å². The standard InChI is InChI=1S/C36H46Cl2N4O3/c1-21-20-41(33-16-25(11-12-32(33)42(21)22(2)43)26-14-28(39-18-26)13-23-9-10-23)36(44)45-35-31(38)17-30(37)29-15-27(19-40-34(29)35)24-7-5-3-4-6-8-24/h11-12,16-17,21,23-24,26-28,39-40H,3-10,13-15,18-20H2,1-2H3/t21-,26?,27?,28?/m0/s1.